The highest BCUT2D eigenvalue weighted by Gasteiger charge is 2.24. The molecule has 3 N–H and O–H groups in total. The monoisotopic (exact) mass is 530 g/mol. The molecule has 0 saturated carbocycles. The zero-order valence-electron chi connectivity index (χ0n) is 22.5. The molecule has 9 heteroatoms. The molecule has 0 aliphatic heterocycles. The van der Waals surface area contributed by atoms with Crippen LogP contribution in [-0.2, 0) is 27.3 Å². The quantitative estimate of drug-likeness (QED) is 0.275. The molecule has 0 amide bonds. The smallest absolute Gasteiger partial charge is 0.341 e. The third kappa shape index (κ3) is 10.3. The lowest BCUT2D eigenvalue weighted by Gasteiger charge is -2.22. The number of hydrogen-bond acceptors (Lipinski definition) is 6. The van der Waals surface area contributed by atoms with Gasteiger partial charge in [0.1, 0.15) is 0 Å². The lowest BCUT2D eigenvalue weighted by Crippen LogP contribution is -2.39. The van der Waals surface area contributed by atoms with Gasteiger partial charge in [-0.1, -0.05) is 24.3 Å². The van der Waals surface area contributed by atoms with E-state index in [9.17, 15) is 9.59 Å². The maximum Gasteiger partial charge on any atom is 0.341 e. The minimum atomic E-state index is -1.06. The highest BCUT2D eigenvalue weighted by atomic mass is 32.1. The van der Waals surface area contributed by atoms with E-state index in [2.05, 4.69) is 42.7 Å². The Morgan fingerprint density at radius 2 is 1.70 bits per heavy atom. The number of methoxy groups -OCH3 is 1. The van der Waals surface area contributed by atoms with Crippen molar-refractivity contribution in [3.63, 3.8) is 0 Å². The van der Waals surface area contributed by atoms with E-state index < -0.39 is 18.0 Å². The van der Waals surface area contributed by atoms with Gasteiger partial charge in [-0.3, -0.25) is 4.79 Å². The number of carboxylic acids is 1. The minimum Gasteiger partial charge on any atom is -0.493 e. The summed E-state index contributed by atoms with van der Waals surface area (Å²) in [6.45, 7) is 10.5. The highest BCUT2D eigenvalue weighted by Crippen LogP contribution is 2.28. The molecule has 0 aliphatic rings. The standard InChI is InChI=1S/C28H38N2O6S/c1-18-7-8-20(11-19(18)2)12-22(16-36-26(33)28(3,4)5)15-30-27(37)29-14-21-9-10-23(24(13-21)34-6)35-17-25(31)32/h7-11,13,22H,12,14-17H2,1-6H3,(H,31,32)(H2,29,30,37). The Labute approximate surface area is 224 Å². The van der Waals surface area contributed by atoms with E-state index in [0.717, 1.165) is 12.0 Å². The van der Waals surface area contributed by atoms with Gasteiger partial charge in [0.05, 0.1) is 19.1 Å². The summed E-state index contributed by atoms with van der Waals surface area (Å²) in [6, 6.07) is 11.6. The van der Waals surface area contributed by atoms with Crippen molar-refractivity contribution in [2.24, 2.45) is 11.3 Å². The SMILES string of the molecule is COc1cc(CNC(=S)NCC(COC(=O)C(C)(C)C)Cc2ccc(C)c(C)c2)ccc1OCC(=O)O. The molecule has 2 aromatic carbocycles. The van der Waals surface area contributed by atoms with Crippen molar-refractivity contribution >= 4 is 29.3 Å². The van der Waals surface area contributed by atoms with Crippen LogP contribution >= 0.6 is 12.2 Å². The van der Waals surface area contributed by atoms with E-state index in [1.54, 1.807) is 12.1 Å². The first-order chi connectivity index (χ1) is 17.4. The largest absolute Gasteiger partial charge is 0.493 e. The van der Waals surface area contributed by atoms with Crippen molar-refractivity contribution in [3.8, 4) is 11.5 Å². The Kier molecular flexibility index (Phi) is 11.2. The number of carbonyl (C=O) groups excluding carboxylic acids is 1. The second-order valence-corrected chi connectivity index (χ2v) is 10.5. The topological polar surface area (TPSA) is 106 Å². The molecule has 0 fully saturated rings. The van der Waals surface area contributed by atoms with Crippen LogP contribution in [0.2, 0.25) is 0 Å². The molecule has 2 aromatic rings. The van der Waals surface area contributed by atoms with E-state index in [4.69, 9.17) is 31.5 Å². The summed E-state index contributed by atoms with van der Waals surface area (Å²) in [6.07, 6.45) is 0.739. The maximum atomic E-state index is 12.3. The van der Waals surface area contributed by atoms with E-state index in [0.29, 0.717) is 29.7 Å². The van der Waals surface area contributed by atoms with Crippen LogP contribution in [0.4, 0.5) is 0 Å². The number of nitrogens with one attached hydrogen (secondary N) is 2. The number of thiocarbonyl (C=S) groups is 1. The molecule has 0 radical (unpaired) electrons. The van der Waals surface area contributed by atoms with Gasteiger partial charge in [0.2, 0.25) is 0 Å². The van der Waals surface area contributed by atoms with E-state index in [1.807, 2.05) is 26.8 Å². The van der Waals surface area contributed by atoms with Crippen molar-refractivity contribution in [3.05, 3.63) is 58.7 Å². The van der Waals surface area contributed by atoms with Gasteiger partial charge in [-0.2, -0.15) is 0 Å². The van der Waals surface area contributed by atoms with Crippen LogP contribution in [0.1, 0.15) is 43.0 Å². The second kappa shape index (κ2) is 13.8. The van der Waals surface area contributed by atoms with Crippen LogP contribution in [0.5, 0.6) is 11.5 Å². The molecular formula is C28H38N2O6S. The van der Waals surface area contributed by atoms with Gasteiger partial charge in [0, 0.05) is 19.0 Å². The molecule has 1 unspecified atom stereocenters. The molecule has 1 atom stereocenters. The van der Waals surface area contributed by atoms with E-state index in [1.165, 1.54) is 23.8 Å². The normalized spacial score (nSPS) is 11.8. The van der Waals surface area contributed by atoms with Gasteiger partial charge in [-0.15, -0.1) is 0 Å². The number of esters is 1. The summed E-state index contributed by atoms with van der Waals surface area (Å²) in [5.41, 5.74) is 3.96. The molecule has 0 spiro atoms. The van der Waals surface area contributed by atoms with Crippen LogP contribution in [0.15, 0.2) is 36.4 Å². The first-order valence-electron chi connectivity index (χ1n) is 12.2. The molecule has 2 rings (SSSR count). The van der Waals surface area contributed by atoms with Gasteiger partial charge < -0.3 is 30.0 Å². The van der Waals surface area contributed by atoms with Crippen LogP contribution in [0, 0.1) is 25.2 Å². The summed E-state index contributed by atoms with van der Waals surface area (Å²) < 4.78 is 16.2. The first-order valence-corrected chi connectivity index (χ1v) is 12.6. The number of rotatable bonds is 12. The average molecular weight is 531 g/mol. The number of hydrogen-bond donors (Lipinski definition) is 3. The Morgan fingerprint density at radius 3 is 2.32 bits per heavy atom. The predicted octanol–water partition coefficient (Wildman–Crippen LogP) is 4.19. The zero-order valence-corrected chi connectivity index (χ0v) is 23.3. The lowest BCUT2D eigenvalue weighted by atomic mass is 9.96. The van der Waals surface area contributed by atoms with Gasteiger partial charge in [0.25, 0.3) is 0 Å². The van der Waals surface area contributed by atoms with Crippen LogP contribution in [0.3, 0.4) is 0 Å². The van der Waals surface area contributed by atoms with Gasteiger partial charge >= 0.3 is 11.9 Å². The summed E-state index contributed by atoms with van der Waals surface area (Å²) in [5.74, 6) is -0.475. The fourth-order valence-electron chi connectivity index (χ4n) is 3.43. The Balaban J connectivity index is 1.97. The average Bonchev–Trinajstić information content (AvgIpc) is 2.84. The maximum absolute atomic E-state index is 12.3. The third-order valence-corrected chi connectivity index (χ3v) is 6.03. The van der Waals surface area contributed by atoms with Crippen molar-refractivity contribution in [1.29, 1.82) is 0 Å². The van der Waals surface area contributed by atoms with Crippen molar-refractivity contribution < 1.29 is 28.9 Å². The molecule has 0 bridgehead atoms. The zero-order chi connectivity index (χ0) is 27.6. The van der Waals surface area contributed by atoms with Crippen LogP contribution in [-0.4, -0.2) is 49.0 Å². The number of benzene rings is 2. The van der Waals surface area contributed by atoms with Gasteiger partial charge in [-0.05, 0) is 87.6 Å². The molecule has 8 nitrogen and oxygen atoms in total. The molecular weight excluding hydrogens is 492 g/mol. The molecule has 202 valence electrons. The summed E-state index contributed by atoms with van der Waals surface area (Å²) in [7, 11) is 1.49. The Bertz CT molecular complexity index is 1100. The number of carbonyl (C=O) groups is 2. The number of aryl methyl sites for hydroxylation is 2. The first kappa shape index (κ1) is 29.9. The highest BCUT2D eigenvalue weighted by molar-refractivity contribution is 7.80. The second-order valence-electron chi connectivity index (χ2n) is 10.1. The van der Waals surface area contributed by atoms with Crippen molar-refractivity contribution in [1.82, 2.24) is 10.6 Å². The number of carboxylic acid groups (broad SMARTS) is 1. The predicted molar refractivity (Wildman–Crippen MR) is 147 cm³/mol. The molecule has 0 saturated heterocycles. The summed E-state index contributed by atoms with van der Waals surface area (Å²) in [4.78, 5) is 23.1. The van der Waals surface area contributed by atoms with E-state index >= 15 is 0 Å². The lowest BCUT2D eigenvalue weighted by molar-refractivity contribution is -0.154. The minimum absolute atomic E-state index is 0.0268. The van der Waals surface area contributed by atoms with Gasteiger partial charge in [-0.25, -0.2) is 4.79 Å². The fraction of sp³-hybridized carbons (Fsp3) is 0.464. The number of ether oxygens (including phenoxy) is 3. The fourth-order valence-corrected chi connectivity index (χ4v) is 3.58. The van der Waals surface area contributed by atoms with Gasteiger partial charge in [0.15, 0.2) is 23.2 Å². The van der Waals surface area contributed by atoms with Crippen molar-refractivity contribution in [2.75, 3.05) is 26.9 Å². The molecule has 37 heavy (non-hydrogen) atoms. The van der Waals surface area contributed by atoms with Crippen LogP contribution in [0.25, 0.3) is 0 Å². The Morgan fingerprint density at radius 1 is 1.00 bits per heavy atom. The Hall–Kier alpha value is -3.33. The van der Waals surface area contributed by atoms with Crippen molar-refractivity contribution in [2.45, 2.75) is 47.6 Å². The van der Waals surface area contributed by atoms with Crippen LogP contribution < -0.4 is 20.1 Å². The molecule has 0 heterocycles. The molecule has 0 aliphatic carbocycles. The number of aliphatic carboxylic acids is 1. The van der Waals surface area contributed by atoms with E-state index in [-0.39, 0.29) is 18.5 Å². The third-order valence-electron chi connectivity index (χ3n) is 5.74. The summed E-state index contributed by atoms with van der Waals surface area (Å²) in [5, 5.41) is 15.7. The summed E-state index contributed by atoms with van der Waals surface area (Å²) >= 11 is 5.48. The molecule has 0 aromatic heterocycles.